The first-order valence-electron chi connectivity index (χ1n) is 18.0. The van der Waals surface area contributed by atoms with E-state index in [1.807, 2.05) is 78.7 Å². The minimum absolute atomic E-state index is 0.00365. The topological polar surface area (TPSA) is 142 Å². The summed E-state index contributed by atoms with van der Waals surface area (Å²) >= 11 is 0. The van der Waals surface area contributed by atoms with Crippen LogP contribution in [0.5, 0.6) is 0 Å². The number of ether oxygens (including phenoxy) is 3. The number of carbonyl (C=O) groups is 5. The molecule has 10 nitrogen and oxygen atoms in total. The SMILES string of the molecule is C=CCOC(=O)O[C@H](C)[C@H]1C(=O)N(C=P(c2ccccc2)(c2ccccc2)c2ccccc2C(=O)OCC=C)[C@@H]1CC(=O)c1ccc2cc(C(N)=O)ccc2c1. The summed E-state index contributed by atoms with van der Waals surface area (Å²) in [4.78, 5) is 68.4. The van der Waals surface area contributed by atoms with Gasteiger partial charge in [-0.25, -0.2) is 9.59 Å². The number of benzene rings is 5. The highest BCUT2D eigenvalue weighted by Crippen LogP contribution is 2.47. The Morgan fingerprint density at radius 2 is 1.32 bits per heavy atom. The van der Waals surface area contributed by atoms with E-state index in [0.717, 1.165) is 21.4 Å². The lowest BCUT2D eigenvalue weighted by Crippen LogP contribution is -2.65. The highest BCUT2D eigenvalue weighted by Gasteiger charge is 2.52. The largest absolute Gasteiger partial charge is 0.508 e. The van der Waals surface area contributed by atoms with Gasteiger partial charge in [-0.1, -0.05) is 122 Å². The average Bonchev–Trinajstić information content (AvgIpc) is 3.22. The third kappa shape index (κ3) is 7.97. The molecule has 0 saturated carbocycles. The summed E-state index contributed by atoms with van der Waals surface area (Å²) in [6.07, 6.45) is 0.838. The van der Waals surface area contributed by atoms with Crippen LogP contribution in [0.4, 0.5) is 4.79 Å². The second-order valence-electron chi connectivity index (χ2n) is 13.2. The molecular formula is C45H41N2O8P. The summed E-state index contributed by atoms with van der Waals surface area (Å²) < 4.78 is 16.2. The third-order valence-corrected chi connectivity index (χ3v) is 13.7. The maximum atomic E-state index is 14.5. The summed E-state index contributed by atoms with van der Waals surface area (Å²) in [7, 11) is 0. The molecule has 0 bridgehead atoms. The van der Waals surface area contributed by atoms with E-state index >= 15 is 0 Å². The van der Waals surface area contributed by atoms with Gasteiger partial charge in [-0.3, -0.25) is 14.4 Å². The molecule has 1 saturated heterocycles. The molecule has 3 atom stereocenters. The molecule has 0 aliphatic carbocycles. The van der Waals surface area contributed by atoms with E-state index in [0.29, 0.717) is 22.0 Å². The molecule has 284 valence electrons. The van der Waals surface area contributed by atoms with E-state index < -0.39 is 43.0 Å². The Morgan fingerprint density at radius 3 is 1.93 bits per heavy atom. The van der Waals surface area contributed by atoms with Crippen molar-refractivity contribution in [1.82, 2.24) is 4.90 Å². The number of primary amides is 1. The molecule has 1 aliphatic rings. The molecular weight excluding hydrogens is 727 g/mol. The van der Waals surface area contributed by atoms with Crippen molar-refractivity contribution in [3.63, 3.8) is 0 Å². The van der Waals surface area contributed by atoms with Gasteiger partial charge in [0.2, 0.25) is 11.8 Å². The van der Waals surface area contributed by atoms with Gasteiger partial charge in [-0.05, 0) is 64.8 Å². The fraction of sp³-hybridized carbons (Fsp3) is 0.156. The van der Waals surface area contributed by atoms with Crippen molar-refractivity contribution >= 4 is 69.2 Å². The first-order chi connectivity index (χ1) is 27.1. The molecule has 11 heteroatoms. The minimum Gasteiger partial charge on any atom is -0.458 e. The average molecular weight is 769 g/mol. The van der Waals surface area contributed by atoms with Crippen LogP contribution >= 0.6 is 6.89 Å². The number of hydrogen-bond acceptors (Lipinski definition) is 8. The van der Waals surface area contributed by atoms with Crippen LogP contribution in [0.1, 0.15) is 44.4 Å². The van der Waals surface area contributed by atoms with Gasteiger partial charge < -0.3 is 24.8 Å². The van der Waals surface area contributed by atoms with Crippen molar-refractivity contribution in [3.8, 4) is 0 Å². The normalized spacial score (nSPS) is 15.5. The van der Waals surface area contributed by atoms with Crippen LogP contribution in [0, 0.1) is 5.92 Å². The van der Waals surface area contributed by atoms with E-state index in [2.05, 4.69) is 13.2 Å². The zero-order valence-electron chi connectivity index (χ0n) is 30.8. The van der Waals surface area contributed by atoms with Crippen LogP contribution in [-0.2, 0) is 19.0 Å². The molecule has 5 aromatic carbocycles. The molecule has 0 spiro atoms. The number of esters is 1. The number of ketones is 1. The Hall–Kier alpha value is -6.51. The standard InChI is InChI=1S/C45H41N2O8P/c1-4-24-53-44(51)37-18-12-13-19-40(37)56(35-14-8-6-9-15-35,36-16-10-7-11-17-36)29-47-38(41(43(47)50)30(3)55-45(52)54-25-5-2)28-39(48)33-22-20-32-27-34(42(46)49)23-21-31(32)26-33/h4-23,26-27,29-30,38,41H,1-2,24-25,28H2,3H3,(H2,46,49)/t30-,38-,41-/m1/s1. The minimum atomic E-state index is -3.07. The molecule has 56 heavy (non-hydrogen) atoms. The highest BCUT2D eigenvalue weighted by atomic mass is 31.2. The maximum Gasteiger partial charge on any atom is 0.508 e. The van der Waals surface area contributed by atoms with Crippen molar-refractivity contribution in [2.75, 3.05) is 13.2 Å². The van der Waals surface area contributed by atoms with Crippen LogP contribution < -0.4 is 21.6 Å². The van der Waals surface area contributed by atoms with Gasteiger partial charge in [0.05, 0.1) is 17.5 Å². The van der Waals surface area contributed by atoms with Gasteiger partial charge in [0.1, 0.15) is 19.3 Å². The monoisotopic (exact) mass is 768 g/mol. The number of amides is 2. The van der Waals surface area contributed by atoms with Crippen molar-refractivity contribution in [2.45, 2.75) is 25.5 Å². The van der Waals surface area contributed by atoms with Crippen LogP contribution in [0.3, 0.4) is 0 Å². The molecule has 0 aromatic heterocycles. The summed E-state index contributed by atoms with van der Waals surface area (Å²) in [5.41, 5.74) is 6.54. The number of nitrogens with two attached hydrogens (primary N) is 1. The van der Waals surface area contributed by atoms with Crippen molar-refractivity contribution in [1.29, 1.82) is 0 Å². The molecule has 1 heterocycles. The smallest absolute Gasteiger partial charge is 0.458 e. The fourth-order valence-electron chi connectivity index (χ4n) is 7.04. The predicted molar refractivity (Wildman–Crippen MR) is 219 cm³/mol. The number of carbonyl (C=O) groups excluding carboxylic acids is 5. The second-order valence-corrected chi connectivity index (χ2v) is 16.4. The quantitative estimate of drug-likeness (QED) is 0.0439. The van der Waals surface area contributed by atoms with Gasteiger partial charge in [0.25, 0.3) is 0 Å². The van der Waals surface area contributed by atoms with Gasteiger partial charge in [0, 0.05) is 23.5 Å². The van der Waals surface area contributed by atoms with Crippen LogP contribution in [0.2, 0.25) is 0 Å². The number of hydrogen-bond donors (Lipinski definition) is 1. The maximum absolute atomic E-state index is 14.5. The molecule has 1 fully saturated rings. The van der Waals surface area contributed by atoms with Gasteiger partial charge in [0.15, 0.2) is 5.78 Å². The van der Waals surface area contributed by atoms with E-state index in [4.69, 9.17) is 19.9 Å². The number of rotatable bonds is 15. The Bertz CT molecular complexity index is 2330. The van der Waals surface area contributed by atoms with Gasteiger partial charge in [-0.15, -0.1) is 0 Å². The predicted octanol–water partition coefficient (Wildman–Crippen LogP) is 6.16. The van der Waals surface area contributed by atoms with Gasteiger partial charge >= 0.3 is 12.1 Å². The number of nitrogens with zero attached hydrogens (tertiary/aromatic N) is 1. The van der Waals surface area contributed by atoms with Gasteiger partial charge in [-0.2, -0.15) is 0 Å². The number of likely N-dealkylation sites (tertiary alicyclic amines) is 1. The lowest BCUT2D eigenvalue weighted by Gasteiger charge is -2.48. The van der Waals surface area contributed by atoms with E-state index in [1.165, 1.54) is 12.2 Å². The first-order valence-corrected chi connectivity index (χ1v) is 19.8. The van der Waals surface area contributed by atoms with Crippen LogP contribution in [-0.4, -0.2) is 65.9 Å². The molecule has 0 radical (unpaired) electrons. The fourth-order valence-corrected chi connectivity index (χ4v) is 11.1. The zero-order valence-corrected chi connectivity index (χ0v) is 31.7. The number of β-lactam (4-membered cyclic amide) rings is 1. The Labute approximate surface area is 325 Å². The van der Waals surface area contributed by atoms with Crippen molar-refractivity contribution in [2.24, 2.45) is 11.7 Å². The van der Waals surface area contributed by atoms with Crippen molar-refractivity contribution < 1.29 is 38.2 Å². The molecule has 5 aromatic rings. The Balaban J connectivity index is 1.52. The van der Waals surface area contributed by atoms with E-state index in [9.17, 15) is 24.0 Å². The molecule has 2 amide bonds. The lowest BCUT2D eigenvalue weighted by atomic mass is 9.80. The van der Waals surface area contributed by atoms with E-state index in [-0.39, 0.29) is 31.3 Å². The summed E-state index contributed by atoms with van der Waals surface area (Å²) in [6.45, 7) is 5.69. The third-order valence-electron chi connectivity index (χ3n) is 9.72. The Morgan fingerprint density at radius 1 is 0.768 bits per heavy atom. The van der Waals surface area contributed by atoms with Crippen LogP contribution in [0.15, 0.2) is 147 Å². The van der Waals surface area contributed by atoms with Crippen molar-refractivity contribution in [3.05, 3.63) is 163 Å². The summed E-state index contributed by atoms with van der Waals surface area (Å²) in [5, 5.41) is 3.80. The molecule has 2 N–H and O–H groups in total. The summed E-state index contributed by atoms with van der Waals surface area (Å²) in [5.74, 6) is -0.773. The van der Waals surface area contributed by atoms with E-state index in [1.54, 1.807) is 60.4 Å². The summed E-state index contributed by atoms with van der Waals surface area (Å²) in [6, 6.07) is 35.8. The Kier molecular flexibility index (Phi) is 12.1. The zero-order chi connectivity index (χ0) is 39.8. The lowest BCUT2D eigenvalue weighted by molar-refractivity contribution is -0.154. The molecule has 6 rings (SSSR count). The molecule has 0 unspecified atom stereocenters. The number of Topliss-reactive ketones (excluding diaryl/α,β-unsaturated/α-hetero) is 1. The number of fused-ring (bicyclic) bond motifs is 1. The first kappa shape index (κ1) is 39.2. The van der Waals surface area contributed by atoms with Crippen LogP contribution in [0.25, 0.3) is 10.8 Å². The highest BCUT2D eigenvalue weighted by molar-refractivity contribution is 7.94. The molecule has 1 aliphatic heterocycles. The second kappa shape index (κ2) is 17.3.